The number of fused-ring (bicyclic) bond motifs is 1. The first-order chi connectivity index (χ1) is 12.4. The second kappa shape index (κ2) is 6.57. The van der Waals surface area contributed by atoms with Crippen molar-refractivity contribution >= 4 is 5.82 Å². The number of piperidine rings is 1. The summed E-state index contributed by atoms with van der Waals surface area (Å²) in [6, 6.07) is 6.51. The molecule has 2 unspecified atom stereocenters. The maximum atomic E-state index is 13.0. The number of likely N-dealkylation sites (tertiary alicyclic amines) is 1. The molecule has 2 fully saturated rings. The number of aryl methyl sites for hydroxylation is 1. The molecule has 2 atom stereocenters. The van der Waals surface area contributed by atoms with Gasteiger partial charge in [-0.15, -0.1) is 0 Å². The predicted molar refractivity (Wildman–Crippen MR) is 91.6 cm³/mol. The Labute approximate surface area is 150 Å². The van der Waals surface area contributed by atoms with Crippen molar-refractivity contribution in [3.8, 4) is 0 Å². The van der Waals surface area contributed by atoms with Crippen LogP contribution in [0, 0.1) is 5.92 Å². The van der Waals surface area contributed by atoms with Crippen LogP contribution in [0.3, 0.4) is 0 Å². The molecular formula is C18H22F3N5. The van der Waals surface area contributed by atoms with Crippen molar-refractivity contribution in [3.05, 3.63) is 41.9 Å². The summed E-state index contributed by atoms with van der Waals surface area (Å²) < 4.78 is 40.8. The number of aromatic nitrogens is 3. The molecule has 2 aliphatic heterocycles. The summed E-state index contributed by atoms with van der Waals surface area (Å²) >= 11 is 0. The van der Waals surface area contributed by atoms with Gasteiger partial charge in [0.05, 0.1) is 5.69 Å². The average Bonchev–Trinajstić information content (AvgIpc) is 3.21. The smallest absolute Gasteiger partial charge is 0.355 e. The van der Waals surface area contributed by atoms with Gasteiger partial charge in [0.15, 0.2) is 0 Å². The Morgan fingerprint density at radius 1 is 1.15 bits per heavy atom. The highest BCUT2D eigenvalue weighted by molar-refractivity contribution is 5.41. The van der Waals surface area contributed by atoms with Crippen LogP contribution < -0.4 is 4.90 Å². The van der Waals surface area contributed by atoms with Crippen LogP contribution in [0.25, 0.3) is 0 Å². The summed E-state index contributed by atoms with van der Waals surface area (Å²) in [5, 5.41) is 4.22. The first-order valence-corrected chi connectivity index (χ1v) is 8.92. The monoisotopic (exact) mass is 365 g/mol. The summed E-state index contributed by atoms with van der Waals surface area (Å²) in [4.78, 5) is 8.30. The zero-order valence-corrected chi connectivity index (χ0v) is 14.7. The van der Waals surface area contributed by atoms with Gasteiger partial charge in [-0.05, 0) is 43.5 Å². The molecule has 2 aromatic heterocycles. The summed E-state index contributed by atoms with van der Waals surface area (Å²) in [6.07, 6.45) is -0.479. The lowest BCUT2D eigenvalue weighted by Gasteiger charge is -2.39. The van der Waals surface area contributed by atoms with Crippen LogP contribution in [0.1, 0.15) is 24.2 Å². The highest BCUT2D eigenvalue weighted by Crippen LogP contribution is 2.35. The van der Waals surface area contributed by atoms with E-state index in [1.54, 1.807) is 12.3 Å². The molecular weight excluding hydrogens is 343 g/mol. The van der Waals surface area contributed by atoms with Crippen molar-refractivity contribution in [1.82, 2.24) is 19.7 Å². The maximum absolute atomic E-state index is 13.0. The quantitative estimate of drug-likeness (QED) is 0.838. The second-order valence-electron chi connectivity index (χ2n) is 7.15. The minimum absolute atomic E-state index is 0.343. The summed E-state index contributed by atoms with van der Waals surface area (Å²) in [5.41, 5.74) is 0.329. The third kappa shape index (κ3) is 3.30. The normalized spacial score (nSPS) is 24.1. The van der Waals surface area contributed by atoms with Gasteiger partial charge in [-0.3, -0.25) is 9.58 Å². The number of anilines is 1. The lowest BCUT2D eigenvalue weighted by molar-refractivity contribution is -0.141. The molecule has 0 bridgehead atoms. The molecule has 2 aromatic rings. The SMILES string of the molecule is Cn1nccc1CN1CCC2CCN(c3cccc(C(F)(F)F)n3)CC21. The first kappa shape index (κ1) is 17.3. The summed E-state index contributed by atoms with van der Waals surface area (Å²) in [7, 11) is 1.93. The highest BCUT2D eigenvalue weighted by atomic mass is 19.4. The zero-order chi connectivity index (χ0) is 18.3. The Morgan fingerprint density at radius 2 is 1.96 bits per heavy atom. The van der Waals surface area contributed by atoms with Crippen LogP contribution >= 0.6 is 0 Å². The van der Waals surface area contributed by atoms with Crippen molar-refractivity contribution in [2.24, 2.45) is 13.0 Å². The minimum Gasteiger partial charge on any atom is -0.355 e. The van der Waals surface area contributed by atoms with E-state index in [4.69, 9.17) is 0 Å². The summed E-state index contributed by atoms with van der Waals surface area (Å²) in [5.74, 6) is 1.02. The molecule has 0 N–H and O–H groups in total. The van der Waals surface area contributed by atoms with E-state index < -0.39 is 11.9 Å². The zero-order valence-electron chi connectivity index (χ0n) is 14.7. The molecule has 5 nitrogen and oxygen atoms in total. The van der Waals surface area contributed by atoms with Crippen LogP contribution in [-0.4, -0.2) is 45.3 Å². The number of halogens is 3. The third-order valence-electron chi connectivity index (χ3n) is 5.61. The highest BCUT2D eigenvalue weighted by Gasteiger charge is 2.39. The minimum atomic E-state index is -4.41. The lowest BCUT2D eigenvalue weighted by atomic mass is 9.92. The molecule has 0 spiro atoms. The van der Waals surface area contributed by atoms with Crippen molar-refractivity contribution in [1.29, 1.82) is 0 Å². The van der Waals surface area contributed by atoms with Crippen molar-refractivity contribution in [3.63, 3.8) is 0 Å². The molecule has 2 aliphatic rings. The number of alkyl halides is 3. The van der Waals surface area contributed by atoms with Crippen molar-refractivity contribution < 1.29 is 13.2 Å². The number of hydrogen-bond donors (Lipinski definition) is 0. The molecule has 0 aromatic carbocycles. The number of pyridine rings is 1. The predicted octanol–water partition coefficient (Wildman–Crippen LogP) is 2.93. The van der Waals surface area contributed by atoms with Gasteiger partial charge in [-0.25, -0.2) is 4.98 Å². The topological polar surface area (TPSA) is 37.2 Å². The van der Waals surface area contributed by atoms with Gasteiger partial charge in [-0.2, -0.15) is 18.3 Å². The van der Waals surface area contributed by atoms with E-state index in [-0.39, 0.29) is 0 Å². The molecule has 2 saturated heterocycles. The van der Waals surface area contributed by atoms with Crippen LogP contribution in [0.5, 0.6) is 0 Å². The van der Waals surface area contributed by atoms with Crippen molar-refractivity contribution in [2.75, 3.05) is 24.5 Å². The van der Waals surface area contributed by atoms with Gasteiger partial charge >= 0.3 is 6.18 Å². The van der Waals surface area contributed by atoms with Gasteiger partial charge in [0, 0.05) is 38.9 Å². The average molecular weight is 365 g/mol. The van der Waals surface area contributed by atoms with Gasteiger partial charge in [-0.1, -0.05) is 6.07 Å². The van der Waals surface area contributed by atoms with Gasteiger partial charge < -0.3 is 4.90 Å². The summed E-state index contributed by atoms with van der Waals surface area (Å²) in [6.45, 7) is 3.32. The van der Waals surface area contributed by atoms with E-state index in [0.717, 1.165) is 50.8 Å². The third-order valence-corrected chi connectivity index (χ3v) is 5.61. The fraction of sp³-hybridized carbons (Fsp3) is 0.556. The first-order valence-electron chi connectivity index (χ1n) is 8.92. The largest absolute Gasteiger partial charge is 0.433 e. The van der Waals surface area contributed by atoms with Crippen LogP contribution in [0.15, 0.2) is 30.5 Å². The molecule has 4 heterocycles. The van der Waals surface area contributed by atoms with E-state index in [0.29, 0.717) is 17.8 Å². The van der Waals surface area contributed by atoms with Gasteiger partial charge in [0.2, 0.25) is 0 Å². The molecule has 0 amide bonds. The van der Waals surface area contributed by atoms with Crippen molar-refractivity contribution in [2.45, 2.75) is 31.6 Å². The maximum Gasteiger partial charge on any atom is 0.433 e. The van der Waals surface area contributed by atoms with Crippen LogP contribution in [0.4, 0.5) is 19.0 Å². The second-order valence-corrected chi connectivity index (χ2v) is 7.15. The van der Waals surface area contributed by atoms with E-state index in [1.165, 1.54) is 6.07 Å². The Morgan fingerprint density at radius 3 is 2.69 bits per heavy atom. The Bertz CT molecular complexity index is 772. The number of hydrogen-bond acceptors (Lipinski definition) is 4. The number of nitrogens with zero attached hydrogens (tertiary/aromatic N) is 5. The fourth-order valence-electron chi connectivity index (χ4n) is 4.15. The Hall–Kier alpha value is -2.09. The van der Waals surface area contributed by atoms with E-state index in [1.807, 2.05) is 22.7 Å². The van der Waals surface area contributed by atoms with Gasteiger partial charge in [0.1, 0.15) is 11.5 Å². The van der Waals surface area contributed by atoms with E-state index >= 15 is 0 Å². The van der Waals surface area contributed by atoms with Gasteiger partial charge in [0.25, 0.3) is 0 Å². The molecule has 8 heteroatoms. The fourth-order valence-corrected chi connectivity index (χ4v) is 4.15. The Balaban J connectivity index is 1.50. The standard InChI is InChI=1S/C18H22F3N5/c1-24-14(5-8-22-24)11-25-9-6-13-7-10-26(12-15(13)25)17-4-2-3-16(23-17)18(19,20)21/h2-5,8,13,15H,6-7,9-12H2,1H3. The van der Waals surface area contributed by atoms with Crippen LogP contribution in [0.2, 0.25) is 0 Å². The Kier molecular flexibility index (Phi) is 4.38. The number of rotatable bonds is 3. The lowest BCUT2D eigenvalue weighted by Crippen LogP contribution is -2.48. The molecule has 0 radical (unpaired) electrons. The molecule has 4 rings (SSSR count). The molecule has 0 aliphatic carbocycles. The van der Waals surface area contributed by atoms with E-state index in [2.05, 4.69) is 15.0 Å². The van der Waals surface area contributed by atoms with Crippen LogP contribution in [-0.2, 0) is 19.8 Å². The molecule has 140 valence electrons. The molecule has 0 saturated carbocycles. The van der Waals surface area contributed by atoms with E-state index in [9.17, 15) is 13.2 Å². The molecule has 26 heavy (non-hydrogen) atoms.